The molecule has 1 fully saturated rings. The third kappa shape index (κ3) is 1.78. The Morgan fingerprint density at radius 3 is 2.75 bits per heavy atom. The topological polar surface area (TPSA) is 77.5 Å². The lowest BCUT2D eigenvalue weighted by molar-refractivity contribution is 0.111. The fourth-order valence-electron chi connectivity index (χ4n) is 1.67. The molecule has 16 heavy (non-hydrogen) atoms. The molecule has 0 saturated heterocycles. The molecule has 1 aromatic heterocycles. The third-order valence-corrected chi connectivity index (χ3v) is 2.86. The van der Waals surface area contributed by atoms with E-state index in [1.165, 1.54) is 6.20 Å². The standard InChI is InChI=1S/C12H9N3O/c13-5-9-3-10(11(7-16)15-6-9)4-12(8-14)1-2-12/h3,6-7H,1-2,4H2. The molecule has 4 heteroatoms. The van der Waals surface area contributed by atoms with Crippen LogP contribution in [0.2, 0.25) is 0 Å². The minimum atomic E-state index is -0.326. The van der Waals surface area contributed by atoms with Crippen molar-refractivity contribution in [2.75, 3.05) is 0 Å². The van der Waals surface area contributed by atoms with Gasteiger partial charge in [0.2, 0.25) is 0 Å². The van der Waals surface area contributed by atoms with E-state index in [1.807, 2.05) is 6.07 Å². The number of carbonyl (C=O) groups excluding carboxylic acids is 1. The molecule has 2 rings (SSSR count). The minimum Gasteiger partial charge on any atom is -0.296 e. The highest BCUT2D eigenvalue weighted by Gasteiger charge is 2.43. The predicted octanol–water partition coefficient (Wildman–Crippen LogP) is 1.61. The lowest BCUT2D eigenvalue weighted by Gasteiger charge is -2.07. The van der Waals surface area contributed by atoms with Gasteiger partial charge in [-0.1, -0.05) is 0 Å². The molecule has 0 aliphatic heterocycles. The molecule has 0 amide bonds. The first-order valence-electron chi connectivity index (χ1n) is 4.98. The number of hydrogen-bond acceptors (Lipinski definition) is 4. The van der Waals surface area contributed by atoms with Crippen molar-refractivity contribution in [3.8, 4) is 12.1 Å². The average molecular weight is 211 g/mol. The van der Waals surface area contributed by atoms with Crippen LogP contribution in [0.5, 0.6) is 0 Å². The van der Waals surface area contributed by atoms with Crippen LogP contribution in [0.15, 0.2) is 12.3 Å². The van der Waals surface area contributed by atoms with E-state index >= 15 is 0 Å². The van der Waals surface area contributed by atoms with Gasteiger partial charge in [-0.2, -0.15) is 10.5 Å². The van der Waals surface area contributed by atoms with Gasteiger partial charge in [-0.05, 0) is 30.9 Å². The van der Waals surface area contributed by atoms with Crippen molar-refractivity contribution in [3.05, 3.63) is 29.1 Å². The predicted molar refractivity (Wildman–Crippen MR) is 55.3 cm³/mol. The van der Waals surface area contributed by atoms with E-state index in [1.54, 1.807) is 6.07 Å². The lowest BCUT2D eigenvalue weighted by Crippen LogP contribution is -2.06. The second-order valence-corrected chi connectivity index (χ2v) is 4.07. The van der Waals surface area contributed by atoms with E-state index in [-0.39, 0.29) is 5.41 Å². The van der Waals surface area contributed by atoms with E-state index in [9.17, 15) is 4.79 Å². The van der Waals surface area contributed by atoms with Crippen LogP contribution in [0.3, 0.4) is 0 Å². The molecule has 0 unspecified atom stereocenters. The summed E-state index contributed by atoms with van der Waals surface area (Å²) in [5.74, 6) is 0. The molecular weight excluding hydrogens is 202 g/mol. The van der Waals surface area contributed by atoms with Gasteiger partial charge in [-0.25, -0.2) is 0 Å². The number of aromatic nitrogens is 1. The molecule has 0 N–H and O–H groups in total. The van der Waals surface area contributed by atoms with Crippen LogP contribution in [-0.4, -0.2) is 11.3 Å². The van der Waals surface area contributed by atoms with Gasteiger partial charge in [0.15, 0.2) is 6.29 Å². The molecule has 1 aliphatic carbocycles. The zero-order valence-electron chi connectivity index (χ0n) is 8.60. The number of rotatable bonds is 3. The Hall–Kier alpha value is -2.20. The van der Waals surface area contributed by atoms with Gasteiger partial charge in [0.05, 0.1) is 17.0 Å². The number of hydrogen-bond donors (Lipinski definition) is 0. The van der Waals surface area contributed by atoms with Gasteiger partial charge in [0, 0.05) is 6.20 Å². The smallest absolute Gasteiger partial charge is 0.168 e. The van der Waals surface area contributed by atoms with Crippen molar-refractivity contribution in [1.82, 2.24) is 4.98 Å². The summed E-state index contributed by atoms with van der Waals surface area (Å²) >= 11 is 0. The van der Waals surface area contributed by atoms with Crippen LogP contribution >= 0.6 is 0 Å². The molecule has 4 nitrogen and oxygen atoms in total. The van der Waals surface area contributed by atoms with Gasteiger partial charge in [-0.3, -0.25) is 9.78 Å². The Labute approximate surface area is 93.1 Å². The molecular formula is C12H9N3O. The number of nitrogens with zero attached hydrogens (tertiary/aromatic N) is 3. The van der Waals surface area contributed by atoms with Gasteiger partial charge in [0.25, 0.3) is 0 Å². The van der Waals surface area contributed by atoms with Gasteiger partial charge >= 0.3 is 0 Å². The number of aldehydes is 1. The van der Waals surface area contributed by atoms with Gasteiger partial charge in [-0.15, -0.1) is 0 Å². The first-order chi connectivity index (χ1) is 7.73. The monoisotopic (exact) mass is 211 g/mol. The molecule has 78 valence electrons. The number of pyridine rings is 1. The second-order valence-electron chi connectivity index (χ2n) is 4.07. The molecule has 0 spiro atoms. The average Bonchev–Trinajstić information content (AvgIpc) is 3.09. The van der Waals surface area contributed by atoms with E-state index in [4.69, 9.17) is 10.5 Å². The van der Waals surface area contributed by atoms with Crippen LogP contribution in [-0.2, 0) is 6.42 Å². The van der Waals surface area contributed by atoms with Gasteiger partial charge < -0.3 is 0 Å². The van der Waals surface area contributed by atoms with Crippen LogP contribution in [0, 0.1) is 28.1 Å². The molecule has 0 atom stereocenters. The van der Waals surface area contributed by atoms with Crippen molar-refractivity contribution in [2.45, 2.75) is 19.3 Å². The molecule has 1 aliphatic rings. The maximum absolute atomic E-state index is 10.8. The van der Waals surface area contributed by atoms with E-state index < -0.39 is 0 Å². The Bertz CT molecular complexity index is 518. The van der Waals surface area contributed by atoms with Crippen LogP contribution in [0.4, 0.5) is 0 Å². The first-order valence-corrected chi connectivity index (χ1v) is 4.98. The van der Waals surface area contributed by atoms with Crippen molar-refractivity contribution < 1.29 is 4.79 Å². The summed E-state index contributed by atoms with van der Waals surface area (Å²) in [6, 6.07) is 5.89. The summed E-state index contributed by atoms with van der Waals surface area (Å²) in [4.78, 5) is 14.7. The van der Waals surface area contributed by atoms with Crippen molar-refractivity contribution in [3.63, 3.8) is 0 Å². The number of nitriles is 2. The normalized spacial score (nSPS) is 15.9. The quantitative estimate of drug-likeness (QED) is 0.711. The minimum absolute atomic E-state index is 0.326. The summed E-state index contributed by atoms with van der Waals surface area (Å²) in [5, 5.41) is 17.7. The summed E-state index contributed by atoms with van der Waals surface area (Å²) in [5.41, 5.74) is 1.14. The van der Waals surface area contributed by atoms with E-state index in [0.717, 1.165) is 12.8 Å². The summed E-state index contributed by atoms with van der Waals surface area (Å²) in [6.07, 6.45) is 4.28. The number of carbonyl (C=O) groups is 1. The highest BCUT2D eigenvalue weighted by atomic mass is 16.1. The fourth-order valence-corrected chi connectivity index (χ4v) is 1.67. The van der Waals surface area contributed by atoms with E-state index in [0.29, 0.717) is 29.5 Å². The summed E-state index contributed by atoms with van der Waals surface area (Å²) in [7, 11) is 0. The SMILES string of the molecule is N#Cc1cnc(C=O)c(CC2(C#N)CC2)c1. The summed E-state index contributed by atoms with van der Waals surface area (Å²) < 4.78 is 0. The molecule has 1 aromatic rings. The molecule has 1 heterocycles. The highest BCUT2D eigenvalue weighted by Crippen LogP contribution is 2.47. The van der Waals surface area contributed by atoms with Crippen molar-refractivity contribution >= 4 is 6.29 Å². The van der Waals surface area contributed by atoms with Gasteiger partial charge in [0.1, 0.15) is 11.8 Å². The third-order valence-electron chi connectivity index (χ3n) is 2.86. The fraction of sp³-hybridized carbons (Fsp3) is 0.333. The van der Waals surface area contributed by atoms with Crippen molar-refractivity contribution in [2.24, 2.45) is 5.41 Å². The van der Waals surface area contributed by atoms with Crippen LogP contribution in [0.1, 0.15) is 34.5 Å². The van der Waals surface area contributed by atoms with E-state index in [2.05, 4.69) is 11.1 Å². The second kappa shape index (κ2) is 3.75. The highest BCUT2D eigenvalue weighted by molar-refractivity contribution is 5.74. The Kier molecular flexibility index (Phi) is 2.42. The largest absolute Gasteiger partial charge is 0.296 e. The van der Waals surface area contributed by atoms with Crippen LogP contribution < -0.4 is 0 Å². The first kappa shape index (κ1) is 10.3. The summed E-state index contributed by atoms with van der Waals surface area (Å²) in [6.45, 7) is 0. The maximum atomic E-state index is 10.8. The molecule has 0 radical (unpaired) electrons. The molecule has 0 aromatic carbocycles. The van der Waals surface area contributed by atoms with Crippen molar-refractivity contribution in [1.29, 1.82) is 10.5 Å². The zero-order valence-corrected chi connectivity index (χ0v) is 8.60. The lowest BCUT2D eigenvalue weighted by atomic mass is 9.96. The Balaban J connectivity index is 2.35. The maximum Gasteiger partial charge on any atom is 0.168 e. The van der Waals surface area contributed by atoms with Crippen LogP contribution in [0.25, 0.3) is 0 Å². The molecule has 1 saturated carbocycles. The Morgan fingerprint density at radius 2 is 2.25 bits per heavy atom. The molecule has 0 bridgehead atoms. The zero-order chi connectivity index (χ0) is 11.6. The Morgan fingerprint density at radius 1 is 1.50 bits per heavy atom.